The van der Waals surface area contributed by atoms with Crippen LogP contribution in [-0.2, 0) is 0 Å². The molecule has 0 saturated heterocycles. The molecule has 1 aromatic heterocycles. The second-order valence-electron chi connectivity index (χ2n) is 5.23. The quantitative estimate of drug-likeness (QED) is 0.579. The van der Waals surface area contributed by atoms with Crippen LogP contribution < -0.4 is 0 Å². The molecule has 0 aliphatic heterocycles. The van der Waals surface area contributed by atoms with E-state index in [1.54, 1.807) is 24.3 Å². The van der Waals surface area contributed by atoms with Crippen molar-refractivity contribution in [2.45, 2.75) is 18.8 Å². The summed E-state index contributed by atoms with van der Waals surface area (Å²) in [6.45, 7) is 1.41. The Balaban J connectivity index is 1.95. The monoisotopic (exact) mass is 316 g/mol. The lowest BCUT2D eigenvalue weighted by Crippen LogP contribution is -2.34. The Morgan fingerprint density at radius 3 is 2.36 bits per heavy atom. The van der Waals surface area contributed by atoms with Crippen molar-refractivity contribution in [1.29, 1.82) is 0 Å². The zero-order valence-corrected chi connectivity index (χ0v) is 12.7. The Hall–Kier alpha value is -2.07. The molecule has 0 amide bonds. The molecular weight excluding hydrogens is 302 g/mol. The van der Waals surface area contributed by atoms with Gasteiger partial charge in [0.1, 0.15) is 0 Å². The summed E-state index contributed by atoms with van der Waals surface area (Å²) >= 11 is 1.31. The number of thiophene rings is 1. The van der Waals surface area contributed by atoms with Crippen molar-refractivity contribution in [1.82, 2.24) is 0 Å². The molecule has 0 N–H and O–H groups in total. The van der Waals surface area contributed by atoms with Gasteiger partial charge in [0.05, 0.1) is 5.92 Å². The van der Waals surface area contributed by atoms with Gasteiger partial charge < -0.3 is 0 Å². The Kier molecular flexibility index (Phi) is 3.79. The van der Waals surface area contributed by atoms with Crippen LogP contribution in [0, 0.1) is 0 Å². The molecule has 0 aliphatic rings. The minimum Gasteiger partial charge on any atom is -0.287 e. The molecule has 22 heavy (non-hydrogen) atoms. The Labute approximate surface area is 131 Å². The van der Waals surface area contributed by atoms with Crippen molar-refractivity contribution in [3.8, 4) is 0 Å². The Bertz CT molecular complexity index is 775. The third-order valence-electron chi connectivity index (χ3n) is 3.75. The molecule has 0 aliphatic carbocycles. The van der Waals surface area contributed by atoms with Crippen molar-refractivity contribution >= 4 is 27.2 Å². The van der Waals surface area contributed by atoms with Crippen molar-refractivity contribution in [3.63, 3.8) is 0 Å². The lowest BCUT2D eigenvalue weighted by molar-refractivity contribution is -0.00390. The summed E-state index contributed by atoms with van der Waals surface area (Å²) in [4.78, 5) is 12.7. The fraction of sp³-hybridized carbons (Fsp3) is 0.167. The Morgan fingerprint density at radius 2 is 1.68 bits per heavy atom. The molecule has 0 saturated carbocycles. The normalized spacial score (nSPS) is 13.2. The summed E-state index contributed by atoms with van der Waals surface area (Å²) in [7, 11) is 0. The number of carbonyl (C=O) groups is 1. The molecular formula is C18H14F2OS. The number of hydrogen-bond donors (Lipinski definition) is 0. The van der Waals surface area contributed by atoms with Crippen molar-refractivity contribution in [3.05, 3.63) is 71.1 Å². The largest absolute Gasteiger partial charge is 0.316 e. The van der Waals surface area contributed by atoms with Crippen molar-refractivity contribution < 1.29 is 13.6 Å². The average molecular weight is 316 g/mol. The second kappa shape index (κ2) is 5.61. The van der Waals surface area contributed by atoms with Gasteiger partial charge in [0.15, 0.2) is 0 Å². The second-order valence-corrected chi connectivity index (χ2v) is 6.34. The molecule has 3 rings (SSSR count). The highest BCUT2D eigenvalue weighted by Crippen LogP contribution is 2.40. The van der Waals surface area contributed by atoms with Gasteiger partial charge in [-0.2, -0.15) is 8.78 Å². The highest BCUT2D eigenvalue weighted by molar-refractivity contribution is 7.19. The minimum absolute atomic E-state index is 0.0421. The lowest BCUT2D eigenvalue weighted by atomic mass is 9.93. The van der Waals surface area contributed by atoms with Gasteiger partial charge in [0.25, 0.3) is 0 Å². The van der Waals surface area contributed by atoms with Gasteiger partial charge in [-0.25, -0.2) is 0 Å². The van der Waals surface area contributed by atoms with E-state index < -0.39 is 17.6 Å². The van der Waals surface area contributed by atoms with E-state index in [0.29, 0.717) is 4.88 Å². The average Bonchev–Trinajstić information content (AvgIpc) is 2.98. The number of hydrogen-bond acceptors (Lipinski definition) is 2. The van der Waals surface area contributed by atoms with E-state index in [4.69, 9.17) is 0 Å². The maximum absolute atomic E-state index is 14.6. The molecule has 1 atom stereocenters. The highest BCUT2D eigenvalue weighted by Gasteiger charge is 2.46. The van der Waals surface area contributed by atoms with Crippen LogP contribution in [0.3, 0.4) is 0 Å². The standard InChI is InChI=1S/C18H14F2OS/c1-12(16-11-14-9-5-6-10-15(14)22-16)18(19,20)17(21)13-7-3-2-4-8-13/h2-12H,1H3. The number of alkyl halides is 2. The van der Waals surface area contributed by atoms with Crippen LogP contribution in [-0.4, -0.2) is 11.7 Å². The third-order valence-corrected chi connectivity index (χ3v) is 5.05. The van der Waals surface area contributed by atoms with Gasteiger partial charge >= 0.3 is 5.92 Å². The molecule has 1 unspecified atom stereocenters. The lowest BCUT2D eigenvalue weighted by Gasteiger charge is -2.21. The van der Waals surface area contributed by atoms with Crippen molar-refractivity contribution in [2.75, 3.05) is 0 Å². The number of ketones is 1. The molecule has 0 spiro atoms. The topological polar surface area (TPSA) is 17.1 Å². The van der Waals surface area contributed by atoms with E-state index in [1.807, 2.05) is 24.3 Å². The summed E-state index contributed by atoms with van der Waals surface area (Å²) in [6, 6.07) is 17.0. The van der Waals surface area contributed by atoms with E-state index in [0.717, 1.165) is 10.1 Å². The van der Waals surface area contributed by atoms with E-state index in [2.05, 4.69) is 0 Å². The maximum atomic E-state index is 14.6. The molecule has 0 bridgehead atoms. The molecule has 3 aromatic rings. The fourth-order valence-electron chi connectivity index (χ4n) is 2.37. The van der Waals surface area contributed by atoms with Crippen LogP contribution in [0.5, 0.6) is 0 Å². The first-order valence-electron chi connectivity index (χ1n) is 6.96. The molecule has 1 nitrogen and oxygen atoms in total. The summed E-state index contributed by atoms with van der Waals surface area (Å²) in [6.07, 6.45) is 0. The van der Waals surface area contributed by atoms with Crippen LogP contribution in [0.2, 0.25) is 0 Å². The van der Waals surface area contributed by atoms with Crippen molar-refractivity contribution in [2.24, 2.45) is 0 Å². The summed E-state index contributed by atoms with van der Waals surface area (Å²) in [5.41, 5.74) is 0.0421. The first-order chi connectivity index (χ1) is 10.5. The highest BCUT2D eigenvalue weighted by atomic mass is 32.1. The van der Waals surface area contributed by atoms with Crippen LogP contribution in [0.4, 0.5) is 8.78 Å². The minimum atomic E-state index is -3.43. The number of carbonyl (C=O) groups excluding carboxylic acids is 1. The van der Waals surface area contributed by atoms with Gasteiger partial charge in [-0.05, 0) is 17.5 Å². The van der Waals surface area contributed by atoms with E-state index in [9.17, 15) is 13.6 Å². The molecule has 112 valence electrons. The van der Waals surface area contributed by atoms with E-state index in [-0.39, 0.29) is 5.56 Å². The number of benzene rings is 2. The molecule has 2 aromatic carbocycles. The van der Waals surface area contributed by atoms with E-state index in [1.165, 1.54) is 30.4 Å². The number of rotatable bonds is 4. The predicted molar refractivity (Wildman–Crippen MR) is 86.0 cm³/mol. The van der Waals surface area contributed by atoms with Gasteiger partial charge in [-0.1, -0.05) is 55.5 Å². The predicted octanol–water partition coefficient (Wildman–Crippen LogP) is 5.52. The first-order valence-corrected chi connectivity index (χ1v) is 7.78. The molecule has 1 heterocycles. The Morgan fingerprint density at radius 1 is 1.05 bits per heavy atom. The van der Waals surface area contributed by atoms with Gasteiger partial charge in [0.2, 0.25) is 5.78 Å². The zero-order valence-electron chi connectivity index (χ0n) is 11.9. The summed E-state index contributed by atoms with van der Waals surface area (Å²) < 4.78 is 30.1. The fourth-order valence-corrected chi connectivity index (χ4v) is 3.53. The third kappa shape index (κ3) is 2.55. The SMILES string of the molecule is CC(c1cc2ccccc2s1)C(F)(F)C(=O)c1ccccc1. The molecule has 0 radical (unpaired) electrons. The van der Waals surface area contributed by atoms with Gasteiger partial charge in [0, 0.05) is 15.1 Å². The van der Waals surface area contributed by atoms with Crippen LogP contribution >= 0.6 is 11.3 Å². The smallest absolute Gasteiger partial charge is 0.287 e. The molecule has 0 fully saturated rings. The number of fused-ring (bicyclic) bond motifs is 1. The van der Waals surface area contributed by atoms with E-state index >= 15 is 0 Å². The van der Waals surface area contributed by atoms with Gasteiger partial charge in [-0.15, -0.1) is 11.3 Å². The first kappa shape index (κ1) is 14.9. The summed E-state index contributed by atoms with van der Waals surface area (Å²) in [5, 5.41) is 0.928. The van der Waals surface area contributed by atoms with Crippen LogP contribution in [0.15, 0.2) is 60.7 Å². The summed E-state index contributed by atoms with van der Waals surface area (Å²) in [5.74, 6) is -5.71. The van der Waals surface area contributed by atoms with Crippen LogP contribution in [0.1, 0.15) is 28.1 Å². The maximum Gasteiger partial charge on any atom is 0.316 e. The zero-order chi connectivity index (χ0) is 15.7. The number of halogens is 2. The number of Topliss-reactive ketones (excluding diaryl/α,β-unsaturated/α-hetero) is 1. The molecule has 4 heteroatoms. The van der Waals surface area contributed by atoms with Crippen LogP contribution in [0.25, 0.3) is 10.1 Å². The van der Waals surface area contributed by atoms with Gasteiger partial charge in [-0.3, -0.25) is 4.79 Å².